The molecule has 0 saturated heterocycles. The maximum Gasteiger partial charge on any atom is 0.282 e. The van der Waals surface area contributed by atoms with Crippen LogP contribution in [-0.2, 0) is 14.8 Å². The normalized spacial score (nSPS) is 13.5. The van der Waals surface area contributed by atoms with E-state index in [1.807, 2.05) is 0 Å². The topological polar surface area (TPSA) is 147 Å². The average molecular weight is 432 g/mol. The van der Waals surface area contributed by atoms with Crippen LogP contribution >= 0.6 is 0 Å². The summed E-state index contributed by atoms with van der Waals surface area (Å²) in [4.78, 5) is 48.3. The number of imide groups is 1. The number of fused-ring (bicyclic) bond motifs is 1. The molecule has 3 rings (SSSR count). The lowest BCUT2D eigenvalue weighted by Crippen LogP contribution is -2.37. The van der Waals surface area contributed by atoms with E-state index in [0.717, 1.165) is 10.4 Å². The molecular weight excluding hydrogens is 416 g/mol. The summed E-state index contributed by atoms with van der Waals surface area (Å²) in [5.41, 5.74) is -0.888. The van der Waals surface area contributed by atoms with Gasteiger partial charge in [0, 0.05) is 25.8 Å². The number of hydrogen-bond acceptors (Lipinski definition) is 7. The molecule has 1 aliphatic heterocycles. The quantitative estimate of drug-likeness (QED) is 0.408. The minimum atomic E-state index is -3.72. The second kappa shape index (κ2) is 7.65. The number of sulfonamides is 1. The van der Waals surface area contributed by atoms with Gasteiger partial charge in [0.2, 0.25) is 15.9 Å². The maximum atomic E-state index is 12.5. The summed E-state index contributed by atoms with van der Waals surface area (Å²) in [6.07, 6.45) is 0. The van der Waals surface area contributed by atoms with E-state index in [1.165, 1.54) is 50.5 Å². The number of carbonyl (C=O) groups is 3. The Bertz CT molecular complexity index is 1190. The van der Waals surface area contributed by atoms with Crippen molar-refractivity contribution in [3.8, 4) is 0 Å². The van der Waals surface area contributed by atoms with Crippen LogP contribution in [0.3, 0.4) is 0 Å². The second-order valence-electron chi connectivity index (χ2n) is 6.52. The Morgan fingerprint density at radius 2 is 1.80 bits per heavy atom. The minimum Gasteiger partial charge on any atom is -0.324 e. The predicted octanol–water partition coefficient (Wildman–Crippen LogP) is 1.08. The SMILES string of the molecule is CN(C)S(=O)(=O)c1cccc(NC(=O)CN2C(=O)c3cccc([N+](=O)[O-])c3C2=O)c1. The van der Waals surface area contributed by atoms with E-state index in [1.54, 1.807) is 0 Å². The third-order valence-corrected chi connectivity index (χ3v) is 6.18. The Labute approximate surface area is 171 Å². The molecule has 0 fully saturated rings. The second-order valence-corrected chi connectivity index (χ2v) is 8.67. The number of nitro benzene ring substituents is 1. The molecule has 0 atom stereocenters. The van der Waals surface area contributed by atoms with Crippen molar-refractivity contribution < 1.29 is 27.7 Å². The summed E-state index contributed by atoms with van der Waals surface area (Å²) >= 11 is 0. The molecule has 11 nitrogen and oxygen atoms in total. The first kappa shape index (κ1) is 21.1. The van der Waals surface area contributed by atoms with E-state index in [-0.39, 0.29) is 21.7 Å². The van der Waals surface area contributed by atoms with E-state index in [2.05, 4.69) is 5.32 Å². The monoisotopic (exact) mass is 432 g/mol. The fraction of sp³-hybridized carbons (Fsp3) is 0.167. The summed E-state index contributed by atoms with van der Waals surface area (Å²) in [7, 11) is -0.999. The Morgan fingerprint density at radius 3 is 2.43 bits per heavy atom. The first-order chi connectivity index (χ1) is 14.0. The highest BCUT2D eigenvalue weighted by atomic mass is 32.2. The van der Waals surface area contributed by atoms with Gasteiger partial charge < -0.3 is 5.32 Å². The van der Waals surface area contributed by atoms with Gasteiger partial charge in [-0.1, -0.05) is 12.1 Å². The number of carbonyl (C=O) groups excluding carboxylic acids is 3. The molecule has 0 aliphatic carbocycles. The van der Waals surface area contributed by atoms with E-state index in [4.69, 9.17) is 0 Å². The minimum absolute atomic E-state index is 0.0540. The molecule has 30 heavy (non-hydrogen) atoms. The number of nitrogens with one attached hydrogen (secondary N) is 1. The van der Waals surface area contributed by atoms with Gasteiger partial charge in [0.05, 0.1) is 15.4 Å². The van der Waals surface area contributed by atoms with E-state index < -0.39 is 44.9 Å². The van der Waals surface area contributed by atoms with Crippen molar-refractivity contribution in [1.29, 1.82) is 0 Å². The third kappa shape index (κ3) is 3.65. The van der Waals surface area contributed by atoms with Crippen molar-refractivity contribution in [2.75, 3.05) is 26.0 Å². The van der Waals surface area contributed by atoms with Crippen molar-refractivity contribution in [2.24, 2.45) is 0 Å². The molecular formula is C18H16N4O7S. The van der Waals surface area contributed by atoms with E-state index >= 15 is 0 Å². The zero-order chi connectivity index (χ0) is 22.2. The number of nitro groups is 1. The van der Waals surface area contributed by atoms with Crippen molar-refractivity contribution in [1.82, 2.24) is 9.21 Å². The van der Waals surface area contributed by atoms with Gasteiger partial charge in [-0.25, -0.2) is 12.7 Å². The van der Waals surface area contributed by atoms with Gasteiger partial charge in [0.25, 0.3) is 17.5 Å². The highest BCUT2D eigenvalue weighted by molar-refractivity contribution is 7.89. The summed E-state index contributed by atoms with van der Waals surface area (Å²) < 4.78 is 25.4. The van der Waals surface area contributed by atoms with Crippen LogP contribution < -0.4 is 5.32 Å². The predicted molar refractivity (Wildman–Crippen MR) is 104 cm³/mol. The number of anilines is 1. The highest BCUT2D eigenvalue weighted by Gasteiger charge is 2.41. The number of rotatable bonds is 6. The zero-order valence-corrected chi connectivity index (χ0v) is 16.7. The molecule has 156 valence electrons. The van der Waals surface area contributed by atoms with Gasteiger partial charge in [0.15, 0.2) is 0 Å². The standard InChI is InChI=1S/C18H16N4O7S/c1-20(2)30(28,29)12-6-3-5-11(9-12)19-15(23)10-21-17(24)13-7-4-8-14(22(26)27)16(13)18(21)25/h3-9H,10H2,1-2H3,(H,19,23). The van der Waals surface area contributed by atoms with Crippen LogP contribution in [0.15, 0.2) is 47.4 Å². The summed E-state index contributed by atoms with van der Waals surface area (Å²) in [5, 5.41) is 13.6. The third-order valence-electron chi connectivity index (χ3n) is 4.37. The molecule has 2 aromatic carbocycles. The molecule has 0 radical (unpaired) electrons. The number of hydrogen-bond donors (Lipinski definition) is 1. The van der Waals surface area contributed by atoms with Gasteiger partial charge in [-0.05, 0) is 24.3 Å². The molecule has 0 unspecified atom stereocenters. The molecule has 0 saturated carbocycles. The van der Waals surface area contributed by atoms with Gasteiger partial charge in [-0.15, -0.1) is 0 Å². The van der Waals surface area contributed by atoms with Crippen LogP contribution in [-0.4, -0.2) is 60.9 Å². The molecule has 1 heterocycles. The lowest BCUT2D eigenvalue weighted by Gasteiger charge is -2.15. The van der Waals surface area contributed by atoms with Crippen LogP contribution in [0.25, 0.3) is 0 Å². The lowest BCUT2D eigenvalue weighted by atomic mass is 10.1. The lowest BCUT2D eigenvalue weighted by molar-refractivity contribution is -0.385. The van der Waals surface area contributed by atoms with Gasteiger partial charge in [-0.2, -0.15) is 0 Å². The van der Waals surface area contributed by atoms with Crippen molar-refractivity contribution in [2.45, 2.75) is 4.90 Å². The first-order valence-electron chi connectivity index (χ1n) is 8.50. The Balaban J connectivity index is 1.80. The molecule has 0 bridgehead atoms. The van der Waals surface area contributed by atoms with Crippen molar-refractivity contribution in [3.63, 3.8) is 0 Å². The number of nitrogens with zero attached hydrogens (tertiary/aromatic N) is 3. The molecule has 1 aliphatic rings. The van der Waals surface area contributed by atoms with Crippen LogP contribution in [0.2, 0.25) is 0 Å². The highest BCUT2D eigenvalue weighted by Crippen LogP contribution is 2.30. The zero-order valence-electron chi connectivity index (χ0n) is 15.9. The van der Waals surface area contributed by atoms with Gasteiger partial charge in [-0.3, -0.25) is 29.4 Å². The Kier molecular flexibility index (Phi) is 5.37. The molecule has 3 amide bonds. The number of amides is 3. The average Bonchev–Trinajstić information content (AvgIpc) is 2.93. The molecule has 2 aromatic rings. The summed E-state index contributed by atoms with van der Waals surface area (Å²) in [6.45, 7) is -0.686. The van der Waals surface area contributed by atoms with Crippen LogP contribution in [0.5, 0.6) is 0 Å². The summed E-state index contributed by atoms with van der Waals surface area (Å²) in [6, 6.07) is 9.12. The largest absolute Gasteiger partial charge is 0.324 e. The Morgan fingerprint density at radius 1 is 1.13 bits per heavy atom. The van der Waals surface area contributed by atoms with Crippen molar-refractivity contribution in [3.05, 3.63) is 63.7 Å². The molecule has 0 spiro atoms. The number of benzene rings is 2. The first-order valence-corrected chi connectivity index (χ1v) is 9.94. The van der Waals surface area contributed by atoms with Crippen molar-refractivity contribution >= 4 is 39.1 Å². The van der Waals surface area contributed by atoms with Crippen LogP contribution in [0, 0.1) is 10.1 Å². The van der Waals surface area contributed by atoms with Gasteiger partial charge in [0.1, 0.15) is 12.1 Å². The maximum absolute atomic E-state index is 12.5. The van der Waals surface area contributed by atoms with Crippen LogP contribution in [0.4, 0.5) is 11.4 Å². The smallest absolute Gasteiger partial charge is 0.282 e. The fourth-order valence-corrected chi connectivity index (χ4v) is 3.85. The van der Waals surface area contributed by atoms with Crippen LogP contribution in [0.1, 0.15) is 20.7 Å². The molecule has 12 heteroatoms. The van der Waals surface area contributed by atoms with E-state index in [9.17, 15) is 32.9 Å². The fourth-order valence-electron chi connectivity index (χ4n) is 2.90. The molecule has 0 aromatic heterocycles. The van der Waals surface area contributed by atoms with Gasteiger partial charge >= 0.3 is 0 Å². The Hall–Kier alpha value is -3.64. The molecule has 1 N–H and O–H groups in total. The summed E-state index contributed by atoms with van der Waals surface area (Å²) in [5.74, 6) is -2.54. The van der Waals surface area contributed by atoms with E-state index in [0.29, 0.717) is 4.90 Å².